The van der Waals surface area contributed by atoms with E-state index in [1.165, 1.54) is 23.6 Å². The van der Waals surface area contributed by atoms with E-state index in [0.29, 0.717) is 17.4 Å². The molecule has 0 spiro atoms. The van der Waals surface area contributed by atoms with Crippen molar-refractivity contribution < 1.29 is 18.4 Å². The normalized spacial score (nSPS) is 26.1. The molecule has 1 saturated heterocycles. The van der Waals surface area contributed by atoms with E-state index in [1.54, 1.807) is 12.1 Å². The van der Waals surface area contributed by atoms with Gasteiger partial charge in [-0.1, -0.05) is 12.1 Å². The predicted molar refractivity (Wildman–Crippen MR) is 105 cm³/mol. The molecular weight excluding hydrogens is 356 g/mol. The number of hydrogen-bond acceptors (Lipinski definition) is 4. The van der Waals surface area contributed by atoms with E-state index < -0.39 is 18.3 Å². The van der Waals surface area contributed by atoms with Crippen LogP contribution in [0.25, 0.3) is 0 Å². The maximum absolute atomic E-state index is 14.4. The standard InChI is InChI=1S/C22H25BFNO3/c1-21(2)22(3,4)28-23(27-21)16-5-6-19(24)15(8-16)12-26-20-10-14-7-13-9-17(13)18(14)11-25-20/h5-6,8,10-11,13,17H,7,9,12H2,1-4H3. The molecule has 6 heteroatoms. The highest BCUT2D eigenvalue weighted by atomic mass is 19.1. The molecule has 5 rings (SSSR count). The smallest absolute Gasteiger partial charge is 0.473 e. The van der Waals surface area contributed by atoms with E-state index in [1.807, 2.05) is 40.0 Å². The molecule has 2 unspecified atom stereocenters. The highest BCUT2D eigenvalue weighted by Crippen LogP contribution is 2.56. The topological polar surface area (TPSA) is 40.6 Å². The van der Waals surface area contributed by atoms with Crippen LogP contribution in [-0.2, 0) is 22.3 Å². The average Bonchev–Trinajstić information content (AvgIpc) is 3.24. The number of pyridine rings is 1. The van der Waals surface area contributed by atoms with Crippen LogP contribution in [0.5, 0.6) is 5.88 Å². The summed E-state index contributed by atoms with van der Waals surface area (Å²) in [5, 5.41) is 0. The minimum absolute atomic E-state index is 0.123. The van der Waals surface area contributed by atoms with Gasteiger partial charge >= 0.3 is 7.12 Å². The van der Waals surface area contributed by atoms with Gasteiger partial charge in [0, 0.05) is 17.8 Å². The molecule has 4 nitrogen and oxygen atoms in total. The van der Waals surface area contributed by atoms with Crippen LogP contribution in [0.2, 0.25) is 0 Å². The van der Waals surface area contributed by atoms with Crippen molar-refractivity contribution in [1.29, 1.82) is 0 Å². The van der Waals surface area contributed by atoms with E-state index in [4.69, 9.17) is 14.0 Å². The third-order valence-corrected chi connectivity index (χ3v) is 6.77. The summed E-state index contributed by atoms with van der Waals surface area (Å²) in [6.45, 7) is 8.14. The van der Waals surface area contributed by atoms with E-state index in [-0.39, 0.29) is 12.4 Å². The fourth-order valence-electron chi connectivity index (χ4n) is 4.19. The predicted octanol–water partition coefficient (Wildman–Crippen LogP) is 3.76. The van der Waals surface area contributed by atoms with Crippen molar-refractivity contribution in [1.82, 2.24) is 4.98 Å². The first-order valence-electron chi connectivity index (χ1n) is 9.99. The zero-order chi connectivity index (χ0) is 19.7. The third kappa shape index (κ3) is 2.94. The summed E-state index contributed by atoms with van der Waals surface area (Å²) < 4.78 is 32.3. The van der Waals surface area contributed by atoms with Gasteiger partial charge < -0.3 is 14.0 Å². The second-order valence-electron chi connectivity index (χ2n) is 9.26. The molecule has 0 radical (unpaired) electrons. The molecule has 2 aliphatic carbocycles. The molecule has 28 heavy (non-hydrogen) atoms. The number of hydrogen-bond donors (Lipinski definition) is 0. The zero-order valence-electron chi connectivity index (χ0n) is 16.8. The summed E-state index contributed by atoms with van der Waals surface area (Å²) in [6, 6.07) is 6.93. The first kappa shape index (κ1) is 18.1. The molecule has 146 valence electrons. The number of fused-ring (bicyclic) bond motifs is 3. The largest absolute Gasteiger partial charge is 0.494 e. The number of ether oxygens (including phenoxy) is 1. The van der Waals surface area contributed by atoms with Gasteiger partial charge in [-0.2, -0.15) is 0 Å². The fourth-order valence-corrected chi connectivity index (χ4v) is 4.19. The van der Waals surface area contributed by atoms with Crippen LogP contribution in [0.3, 0.4) is 0 Å². The minimum Gasteiger partial charge on any atom is -0.473 e. The number of nitrogens with zero attached hydrogens (tertiary/aromatic N) is 1. The summed E-state index contributed by atoms with van der Waals surface area (Å²) >= 11 is 0. The summed E-state index contributed by atoms with van der Waals surface area (Å²) in [4.78, 5) is 4.42. The summed E-state index contributed by atoms with van der Waals surface area (Å²) in [5.41, 5.74) is 3.09. The average molecular weight is 381 g/mol. The number of benzene rings is 1. The summed E-state index contributed by atoms with van der Waals surface area (Å²) in [5.74, 6) is 1.77. The maximum atomic E-state index is 14.4. The Morgan fingerprint density at radius 3 is 2.68 bits per heavy atom. The Labute approximate surface area is 165 Å². The van der Waals surface area contributed by atoms with Crippen molar-refractivity contribution in [3.05, 3.63) is 53.0 Å². The van der Waals surface area contributed by atoms with Crippen molar-refractivity contribution in [2.75, 3.05) is 0 Å². The Bertz CT molecular complexity index is 929. The van der Waals surface area contributed by atoms with Crippen molar-refractivity contribution >= 4 is 12.6 Å². The number of halogens is 1. The second-order valence-corrected chi connectivity index (χ2v) is 9.26. The van der Waals surface area contributed by atoms with Crippen LogP contribution >= 0.6 is 0 Å². The van der Waals surface area contributed by atoms with Gasteiger partial charge in [0.05, 0.1) is 11.2 Å². The van der Waals surface area contributed by atoms with Gasteiger partial charge in [0.1, 0.15) is 12.4 Å². The van der Waals surface area contributed by atoms with E-state index in [9.17, 15) is 4.39 Å². The molecule has 1 aromatic heterocycles. The lowest BCUT2D eigenvalue weighted by atomic mass is 9.78. The van der Waals surface area contributed by atoms with Crippen LogP contribution in [0.1, 0.15) is 56.7 Å². The molecule has 0 N–H and O–H groups in total. The van der Waals surface area contributed by atoms with Crippen LogP contribution in [0.15, 0.2) is 30.5 Å². The Balaban J connectivity index is 1.32. The molecular formula is C22H25BFNO3. The van der Waals surface area contributed by atoms with Crippen molar-refractivity contribution in [2.45, 2.75) is 64.3 Å². The number of aromatic nitrogens is 1. The lowest BCUT2D eigenvalue weighted by Gasteiger charge is -2.32. The van der Waals surface area contributed by atoms with E-state index in [2.05, 4.69) is 4.98 Å². The maximum Gasteiger partial charge on any atom is 0.494 e. The molecule has 2 atom stereocenters. The molecule has 1 aliphatic heterocycles. The second kappa shape index (κ2) is 6.04. The zero-order valence-corrected chi connectivity index (χ0v) is 16.8. The van der Waals surface area contributed by atoms with Crippen LogP contribution < -0.4 is 10.2 Å². The Hall–Kier alpha value is -1.92. The van der Waals surface area contributed by atoms with Gasteiger partial charge in [-0.3, -0.25) is 0 Å². The molecule has 1 aromatic carbocycles. The SMILES string of the molecule is CC1(C)OB(c2ccc(F)c(COc3cc4c(cn3)C3CC3C4)c2)OC1(C)C. The van der Waals surface area contributed by atoms with Gasteiger partial charge in [0.25, 0.3) is 0 Å². The Kier molecular flexibility index (Phi) is 3.91. The van der Waals surface area contributed by atoms with Gasteiger partial charge in [-0.25, -0.2) is 9.37 Å². The molecule has 3 aliphatic rings. The fraction of sp³-hybridized carbons (Fsp3) is 0.500. The van der Waals surface area contributed by atoms with Crippen molar-refractivity contribution in [3.63, 3.8) is 0 Å². The lowest BCUT2D eigenvalue weighted by molar-refractivity contribution is 0.00578. The minimum atomic E-state index is -0.519. The van der Waals surface area contributed by atoms with Crippen LogP contribution in [0.4, 0.5) is 4.39 Å². The van der Waals surface area contributed by atoms with Crippen LogP contribution in [0, 0.1) is 11.7 Å². The summed E-state index contributed by atoms with van der Waals surface area (Å²) in [7, 11) is -0.519. The van der Waals surface area contributed by atoms with E-state index >= 15 is 0 Å². The molecule has 2 heterocycles. The molecule has 2 fully saturated rings. The lowest BCUT2D eigenvalue weighted by Crippen LogP contribution is -2.41. The Morgan fingerprint density at radius 2 is 1.93 bits per heavy atom. The molecule has 1 saturated carbocycles. The first-order chi connectivity index (χ1) is 13.2. The highest BCUT2D eigenvalue weighted by molar-refractivity contribution is 6.62. The van der Waals surface area contributed by atoms with E-state index in [0.717, 1.165) is 17.8 Å². The Morgan fingerprint density at radius 1 is 1.18 bits per heavy atom. The first-order valence-corrected chi connectivity index (χ1v) is 9.99. The monoisotopic (exact) mass is 381 g/mol. The van der Waals surface area contributed by atoms with Gasteiger partial charge in [0.15, 0.2) is 0 Å². The van der Waals surface area contributed by atoms with Gasteiger partial charge in [-0.05, 0) is 75.0 Å². The van der Waals surface area contributed by atoms with Gasteiger partial charge in [0.2, 0.25) is 5.88 Å². The number of rotatable bonds is 4. The van der Waals surface area contributed by atoms with Crippen LogP contribution in [-0.4, -0.2) is 23.3 Å². The molecule has 0 amide bonds. The van der Waals surface area contributed by atoms with Crippen molar-refractivity contribution in [2.24, 2.45) is 5.92 Å². The third-order valence-electron chi connectivity index (χ3n) is 6.77. The molecule has 2 aromatic rings. The molecule has 0 bridgehead atoms. The van der Waals surface area contributed by atoms with Crippen molar-refractivity contribution in [3.8, 4) is 5.88 Å². The quantitative estimate of drug-likeness (QED) is 0.757. The highest BCUT2D eigenvalue weighted by Gasteiger charge is 2.51. The van der Waals surface area contributed by atoms with Gasteiger partial charge in [-0.15, -0.1) is 0 Å². The summed E-state index contributed by atoms with van der Waals surface area (Å²) in [6.07, 6.45) is 4.34.